The Balaban J connectivity index is 1.34. The minimum Gasteiger partial charge on any atom is -0.452 e. The van der Waals surface area contributed by atoms with Gasteiger partial charge in [-0.05, 0) is 62.5 Å². The van der Waals surface area contributed by atoms with Gasteiger partial charge in [-0.3, -0.25) is 9.78 Å². The number of carbonyl (C=O) groups excluding carboxylic acids is 2. The van der Waals surface area contributed by atoms with Crippen molar-refractivity contribution in [3.8, 4) is 0 Å². The van der Waals surface area contributed by atoms with Gasteiger partial charge in [0.05, 0.1) is 11.1 Å². The second-order valence-electron chi connectivity index (χ2n) is 8.70. The van der Waals surface area contributed by atoms with Crippen molar-refractivity contribution in [2.45, 2.75) is 63.8 Å². The number of carbonyl (C=O) groups is 2. The molecule has 2 aromatic rings. The third kappa shape index (κ3) is 3.41. The fourth-order valence-electron chi connectivity index (χ4n) is 5.66. The summed E-state index contributed by atoms with van der Waals surface area (Å²) >= 11 is 0. The fourth-order valence-corrected chi connectivity index (χ4v) is 5.66. The molecule has 29 heavy (non-hydrogen) atoms. The Labute approximate surface area is 171 Å². The SMILES string of the molecule is O=C(OCC(=O)N1CCC[C@H]2CCCC[C@H]21)c1c2c(nc3ccccc13)CCC2. The molecule has 0 unspecified atom stereocenters. The molecule has 152 valence electrons. The number of esters is 1. The first-order valence-corrected chi connectivity index (χ1v) is 11.1. The Hall–Kier alpha value is -2.43. The highest BCUT2D eigenvalue weighted by molar-refractivity contribution is 6.05. The van der Waals surface area contributed by atoms with Gasteiger partial charge in [0.25, 0.3) is 5.91 Å². The van der Waals surface area contributed by atoms with Crippen LogP contribution in [0.15, 0.2) is 24.3 Å². The van der Waals surface area contributed by atoms with Crippen LogP contribution in [0.4, 0.5) is 0 Å². The van der Waals surface area contributed by atoms with Crippen molar-refractivity contribution in [1.82, 2.24) is 9.88 Å². The molecule has 1 aromatic carbocycles. The van der Waals surface area contributed by atoms with Gasteiger partial charge in [0.1, 0.15) is 0 Å². The largest absolute Gasteiger partial charge is 0.452 e. The molecule has 2 aliphatic carbocycles. The molecule has 1 aromatic heterocycles. The summed E-state index contributed by atoms with van der Waals surface area (Å²) in [5, 5.41) is 0.830. The van der Waals surface area contributed by atoms with E-state index in [4.69, 9.17) is 9.72 Å². The summed E-state index contributed by atoms with van der Waals surface area (Å²) in [4.78, 5) is 32.7. The third-order valence-electron chi connectivity index (χ3n) is 7.01. The van der Waals surface area contributed by atoms with E-state index in [-0.39, 0.29) is 18.5 Å². The quantitative estimate of drug-likeness (QED) is 0.739. The molecule has 0 N–H and O–H groups in total. The summed E-state index contributed by atoms with van der Waals surface area (Å²) in [5.41, 5.74) is 3.45. The number of benzene rings is 1. The average molecular weight is 392 g/mol. The molecule has 1 amide bonds. The molecular weight excluding hydrogens is 364 g/mol. The number of fused-ring (bicyclic) bond motifs is 3. The predicted octanol–water partition coefficient (Wildman–Crippen LogP) is 4.06. The van der Waals surface area contributed by atoms with Gasteiger partial charge in [-0.15, -0.1) is 0 Å². The molecular formula is C24H28N2O3. The normalized spacial score (nSPS) is 23.5. The lowest BCUT2D eigenvalue weighted by atomic mass is 9.78. The zero-order valence-corrected chi connectivity index (χ0v) is 16.9. The molecule has 1 saturated carbocycles. The number of nitrogens with zero attached hydrogens (tertiary/aromatic N) is 2. The standard InChI is InChI=1S/C24H28N2O3/c27-22(26-14-6-8-16-7-1-4-13-21(16)26)15-29-24(28)23-17-9-2-3-11-19(17)25-20-12-5-10-18(20)23/h2-3,9,11,16,21H,1,4-8,10,12-15H2/t16-,21-/m1/s1. The lowest BCUT2D eigenvalue weighted by molar-refractivity contribution is -0.140. The van der Waals surface area contributed by atoms with E-state index < -0.39 is 0 Å². The number of hydrogen-bond acceptors (Lipinski definition) is 4. The number of piperidine rings is 1. The summed E-state index contributed by atoms with van der Waals surface area (Å²) < 4.78 is 5.60. The fraction of sp³-hybridized carbons (Fsp3) is 0.542. The summed E-state index contributed by atoms with van der Waals surface area (Å²) in [6, 6.07) is 8.06. The lowest BCUT2D eigenvalue weighted by Crippen LogP contribution is -2.50. The van der Waals surface area contributed by atoms with Gasteiger partial charge >= 0.3 is 5.97 Å². The summed E-state index contributed by atoms with van der Waals surface area (Å²) in [6.07, 6.45) is 9.83. The third-order valence-corrected chi connectivity index (χ3v) is 7.01. The summed E-state index contributed by atoms with van der Waals surface area (Å²) in [5.74, 6) is 0.210. The monoisotopic (exact) mass is 392 g/mol. The van der Waals surface area contributed by atoms with E-state index in [9.17, 15) is 9.59 Å². The lowest BCUT2D eigenvalue weighted by Gasteiger charge is -2.44. The van der Waals surface area contributed by atoms with Crippen LogP contribution in [0.2, 0.25) is 0 Å². The van der Waals surface area contributed by atoms with Crippen molar-refractivity contribution < 1.29 is 14.3 Å². The molecule has 2 heterocycles. The molecule has 0 bridgehead atoms. The number of aromatic nitrogens is 1. The van der Waals surface area contributed by atoms with Crippen LogP contribution >= 0.6 is 0 Å². The van der Waals surface area contributed by atoms with Gasteiger partial charge in [-0.1, -0.05) is 31.0 Å². The number of aryl methyl sites for hydroxylation is 1. The zero-order chi connectivity index (χ0) is 19.8. The molecule has 3 aliphatic rings. The van der Waals surface area contributed by atoms with Crippen molar-refractivity contribution in [3.63, 3.8) is 0 Å². The molecule has 1 saturated heterocycles. The first-order valence-electron chi connectivity index (χ1n) is 11.1. The van der Waals surface area contributed by atoms with E-state index in [1.165, 1.54) is 25.7 Å². The molecule has 2 atom stereocenters. The van der Waals surface area contributed by atoms with Gasteiger partial charge in [0.15, 0.2) is 6.61 Å². The number of rotatable bonds is 3. The molecule has 0 radical (unpaired) electrons. The van der Waals surface area contributed by atoms with Crippen molar-refractivity contribution in [1.29, 1.82) is 0 Å². The molecule has 5 heteroatoms. The van der Waals surface area contributed by atoms with E-state index in [1.807, 2.05) is 29.2 Å². The Morgan fingerprint density at radius 2 is 1.86 bits per heavy atom. The first-order chi connectivity index (χ1) is 14.2. The van der Waals surface area contributed by atoms with Crippen molar-refractivity contribution >= 4 is 22.8 Å². The highest BCUT2D eigenvalue weighted by atomic mass is 16.5. The Kier molecular flexibility index (Phi) is 4.98. The Morgan fingerprint density at radius 3 is 2.79 bits per heavy atom. The van der Waals surface area contributed by atoms with Crippen LogP contribution in [-0.2, 0) is 22.4 Å². The first kappa shape index (κ1) is 18.6. The van der Waals surface area contributed by atoms with Gasteiger partial charge in [-0.2, -0.15) is 0 Å². The van der Waals surface area contributed by atoms with Crippen molar-refractivity contribution in [2.24, 2.45) is 5.92 Å². The molecule has 5 rings (SSSR count). The molecule has 0 spiro atoms. The Bertz CT molecular complexity index is 953. The predicted molar refractivity (Wildman–Crippen MR) is 111 cm³/mol. The topological polar surface area (TPSA) is 59.5 Å². The maximum atomic E-state index is 13.1. The number of likely N-dealkylation sites (tertiary alicyclic amines) is 1. The van der Waals surface area contributed by atoms with Crippen LogP contribution in [-0.4, -0.2) is 41.0 Å². The van der Waals surface area contributed by atoms with Gasteiger partial charge in [0, 0.05) is 23.7 Å². The maximum Gasteiger partial charge on any atom is 0.339 e. The van der Waals surface area contributed by atoms with Crippen molar-refractivity contribution in [3.05, 3.63) is 41.1 Å². The number of hydrogen-bond donors (Lipinski definition) is 0. The van der Waals surface area contributed by atoms with Gasteiger partial charge in [0.2, 0.25) is 0 Å². The molecule has 5 nitrogen and oxygen atoms in total. The van der Waals surface area contributed by atoms with Gasteiger partial charge in [-0.25, -0.2) is 4.79 Å². The van der Waals surface area contributed by atoms with Gasteiger partial charge < -0.3 is 9.64 Å². The van der Waals surface area contributed by atoms with Crippen LogP contribution in [0.25, 0.3) is 10.9 Å². The number of amides is 1. The van der Waals surface area contributed by atoms with E-state index in [2.05, 4.69) is 0 Å². The Morgan fingerprint density at radius 1 is 1.03 bits per heavy atom. The second kappa shape index (κ2) is 7.77. The zero-order valence-electron chi connectivity index (χ0n) is 16.9. The number of ether oxygens (including phenoxy) is 1. The number of pyridine rings is 1. The van der Waals surface area contributed by atoms with E-state index >= 15 is 0 Å². The summed E-state index contributed by atoms with van der Waals surface area (Å²) in [7, 11) is 0. The maximum absolute atomic E-state index is 13.1. The van der Waals surface area contributed by atoms with Crippen LogP contribution in [0, 0.1) is 5.92 Å². The van der Waals surface area contributed by atoms with Crippen LogP contribution in [0.5, 0.6) is 0 Å². The van der Waals surface area contributed by atoms with Crippen molar-refractivity contribution in [2.75, 3.05) is 13.2 Å². The van der Waals surface area contributed by atoms with E-state index in [0.717, 1.165) is 60.8 Å². The molecule has 1 aliphatic heterocycles. The van der Waals surface area contributed by atoms with E-state index in [0.29, 0.717) is 17.5 Å². The second-order valence-corrected chi connectivity index (χ2v) is 8.70. The molecule has 2 fully saturated rings. The average Bonchev–Trinajstić information content (AvgIpc) is 3.23. The van der Waals surface area contributed by atoms with Crippen LogP contribution in [0.1, 0.15) is 66.6 Å². The highest BCUT2D eigenvalue weighted by Gasteiger charge is 2.36. The number of para-hydroxylation sites is 1. The minimum atomic E-state index is -0.382. The highest BCUT2D eigenvalue weighted by Crippen LogP contribution is 2.35. The van der Waals surface area contributed by atoms with Crippen LogP contribution < -0.4 is 0 Å². The minimum absolute atomic E-state index is 0.0371. The summed E-state index contributed by atoms with van der Waals surface area (Å²) in [6.45, 7) is 0.638. The van der Waals surface area contributed by atoms with Crippen LogP contribution in [0.3, 0.4) is 0 Å². The van der Waals surface area contributed by atoms with E-state index in [1.54, 1.807) is 0 Å². The smallest absolute Gasteiger partial charge is 0.339 e.